The Hall–Kier alpha value is -1.45. The second-order valence-corrected chi connectivity index (χ2v) is 6.51. The Balaban J connectivity index is 2.04. The minimum absolute atomic E-state index is 0.0370. The predicted octanol–water partition coefficient (Wildman–Crippen LogP) is 2.89. The van der Waals surface area contributed by atoms with Gasteiger partial charge in [0.15, 0.2) is 0 Å². The van der Waals surface area contributed by atoms with E-state index < -0.39 is 5.41 Å². The third-order valence-corrected chi connectivity index (χ3v) is 5.15. The highest BCUT2D eigenvalue weighted by atomic mass is 32.1. The lowest BCUT2D eigenvalue weighted by molar-refractivity contribution is -0.138. The zero-order valence-electron chi connectivity index (χ0n) is 12.8. The van der Waals surface area contributed by atoms with E-state index in [1.807, 2.05) is 12.3 Å². The van der Waals surface area contributed by atoms with E-state index in [1.165, 1.54) is 11.3 Å². The maximum Gasteiger partial charge on any atom is 0.243 e. The maximum absolute atomic E-state index is 12.6. The molecule has 0 bridgehead atoms. The van der Waals surface area contributed by atoms with Gasteiger partial charge in [-0.3, -0.25) is 4.79 Å². The summed E-state index contributed by atoms with van der Waals surface area (Å²) in [6.07, 6.45) is 3.23. The van der Waals surface area contributed by atoms with Crippen molar-refractivity contribution in [1.82, 2.24) is 9.88 Å². The molecule has 0 unspecified atom stereocenters. The fourth-order valence-electron chi connectivity index (χ4n) is 2.71. The number of nitriles is 1. The van der Waals surface area contributed by atoms with Gasteiger partial charge in [-0.1, -0.05) is 12.8 Å². The van der Waals surface area contributed by atoms with Gasteiger partial charge in [0.05, 0.1) is 18.3 Å². The predicted molar refractivity (Wildman–Crippen MR) is 80.5 cm³/mol. The fraction of sp³-hybridized carbons (Fsp3) is 0.667. The van der Waals surface area contributed by atoms with Crippen molar-refractivity contribution in [3.63, 3.8) is 0 Å². The molecule has 0 N–H and O–H groups in total. The van der Waals surface area contributed by atoms with Gasteiger partial charge in [0.2, 0.25) is 5.91 Å². The molecule has 1 amide bonds. The van der Waals surface area contributed by atoms with Crippen LogP contribution >= 0.6 is 11.3 Å². The highest BCUT2D eigenvalue weighted by Crippen LogP contribution is 2.39. The van der Waals surface area contributed by atoms with Gasteiger partial charge in [-0.25, -0.2) is 4.98 Å². The first-order chi connectivity index (χ1) is 10.0. The molecule has 0 aliphatic heterocycles. The number of hydrogen-bond acceptors (Lipinski definition) is 5. The lowest BCUT2D eigenvalue weighted by Crippen LogP contribution is -2.39. The molecule has 114 valence electrons. The van der Waals surface area contributed by atoms with E-state index >= 15 is 0 Å². The number of methoxy groups -OCH3 is 1. The monoisotopic (exact) mass is 307 g/mol. The van der Waals surface area contributed by atoms with Gasteiger partial charge < -0.3 is 9.64 Å². The van der Waals surface area contributed by atoms with E-state index in [2.05, 4.69) is 11.1 Å². The number of carbonyl (C=O) groups excluding carboxylic acids is 1. The third kappa shape index (κ3) is 3.25. The molecule has 0 spiro atoms. The summed E-state index contributed by atoms with van der Waals surface area (Å²) in [6.45, 7) is 2.38. The van der Waals surface area contributed by atoms with Crippen molar-refractivity contribution < 1.29 is 9.53 Å². The van der Waals surface area contributed by atoms with Gasteiger partial charge in [-0.2, -0.15) is 5.26 Å². The Morgan fingerprint density at radius 2 is 2.29 bits per heavy atom. The van der Waals surface area contributed by atoms with E-state index in [1.54, 1.807) is 19.1 Å². The summed E-state index contributed by atoms with van der Waals surface area (Å²) < 4.78 is 5.24. The van der Waals surface area contributed by atoms with Crippen LogP contribution in [-0.2, 0) is 16.1 Å². The molecule has 1 saturated carbocycles. The second kappa shape index (κ2) is 6.54. The molecule has 1 atom stereocenters. The minimum atomic E-state index is -0.812. The van der Waals surface area contributed by atoms with Crippen molar-refractivity contribution in [2.24, 2.45) is 5.41 Å². The number of hydrogen-bond donors (Lipinski definition) is 0. The van der Waals surface area contributed by atoms with Crippen molar-refractivity contribution >= 4 is 17.2 Å². The number of carbonyl (C=O) groups is 1. The smallest absolute Gasteiger partial charge is 0.243 e. The number of amides is 1. The summed E-state index contributed by atoms with van der Waals surface area (Å²) in [5.74, 6) is -0.0724. The van der Waals surface area contributed by atoms with Gasteiger partial charge in [-0.15, -0.1) is 11.3 Å². The molecule has 1 fully saturated rings. The molecular formula is C15H21N3O2S. The van der Waals surface area contributed by atoms with Gasteiger partial charge in [0.25, 0.3) is 0 Å². The number of thiazole rings is 1. The Labute approximate surface area is 129 Å². The van der Waals surface area contributed by atoms with Crippen LogP contribution in [0.15, 0.2) is 5.38 Å². The molecule has 0 radical (unpaired) electrons. The number of ether oxygens (including phenoxy) is 1. The molecular weight excluding hydrogens is 286 g/mol. The van der Waals surface area contributed by atoms with Gasteiger partial charge in [0, 0.05) is 19.5 Å². The van der Waals surface area contributed by atoms with E-state index in [0.29, 0.717) is 19.4 Å². The van der Waals surface area contributed by atoms with E-state index in [0.717, 1.165) is 23.5 Å². The topological polar surface area (TPSA) is 66.2 Å². The highest BCUT2D eigenvalue weighted by molar-refractivity contribution is 7.09. The Bertz CT molecular complexity index is 543. The average molecular weight is 307 g/mol. The molecule has 6 heteroatoms. The highest BCUT2D eigenvalue weighted by Gasteiger charge is 2.43. The third-order valence-electron chi connectivity index (χ3n) is 4.10. The Morgan fingerprint density at radius 3 is 2.86 bits per heavy atom. The largest absolute Gasteiger partial charge is 0.375 e. The molecule has 1 aromatic heterocycles. The zero-order valence-corrected chi connectivity index (χ0v) is 13.6. The summed E-state index contributed by atoms with van der Waals surface area (Å²) >= 11 is 1.53. The SMILES string of the molecule is CO[C@H](C)c1nc(CN(C)C(=O)C2(C#N)CCCC2)cs1. The molecule has 2 rings (SSSR count). The van der Waals surface area contributed by atoms with Crippen LogP contribution in [-0.4, -0.2) is 29.9 Å². The van der Waals surface area contributed by atoms with Gasteiger partial charge >= 0.3 is 0 Å². The summed E-state index contributed by atoms with van der Waals surface area (Å²) in [4.78, 5) is 18.7. The second-order valence-electron chi connectivity index (χ2n) is 5.62. The van der Waals surface area contributed by atoms with Crippen LogP contribution in [0.25, 0.3) is 0 Å². The summed E-state index contributed by atoms with van der Waals surface area (Å²) in [7, 11) is 3.40. The molecule has 1 aliphatic rings. The van der Waals surface area contributed by atoms with Crippen molar-refractivity contribution in [1.29, 1.82) is 5.26 Å². The molecule has 1 aliphatic carbocycles. The van der Waals surface area contributed by atoms with E-state index in [4.69, 9.17) is 4.74 Å². The molecule has 1 heterocycles. The Kier molecular flexibility index (Phi) is 4.96. The van der Waals surface area contributed by atoms with Crippen LogP contribution in [0, 0.1) is 16.7 Å². The summed E-state index contributed by atoms with van der Waals surface area (Å²) in [6, 6.07) is 2.25. The maximum atomic E-state index is 12.6. The first-order valence-electron chi connectivity index (χ1n) is 7.16. The first-order valence-corrected chi connectivity index (χ1v) is 8.04. The van der Waals surface area contributed by atoms with Crippen LogP contribution in [0.5, 0.6) is 0 Å². The number of nitrogens with zero attached hydrogens (tertiary/aromatic N) is 3. The normalized spacial score (nSPS) is 18.2. The lowest BCUT2D eigenvalue weighted by atomic mass is 9.86. The first kappa shape index (κ1) is 15.9. The number of aromatic nitrogens is 1. The van der Waals surface area contributed by atoms with E-state index in [9.17, 15) is 10.1 Å². The molecule has 21 heavy (non-hydrogen) atoms. The zero-order chi connectivity index (χ0) is 15.5. The summed E-state index contributed by atoms with van der Waals surface area (Å²) in [5, 5.41) is 12.2. The minimum Gasteiger partial charge on any atom is -0.375 e. The van der Waals surface area contributed by atoms with Crippen LogP contribution in [0.4, 0.5) is 0 Å². The lowest BCUT2D eigenvalue weighted by Gasteiger charge is -2.26. The average Bonchev–Trinajstić information content (AvgIpc) is 3.15. The number of rotatable bonds is 5. The van der Waals surface area contributed by atoms with Crippen LogP contribution in [0.2, 0.25) is 0 Å². The van der Waals surface area contributed by atoms with Crippen molar-refractivity contribution in [2.75, 3.05) is 14.2 Å². The van der Waals surface area contributed by atoms with Gasteiger partial charge in [0.1, 0.15) is 16.5 Å². The molecule has 0 aromatic carbocycles. The summed E-state index contributed by atoms with van der Waals surface area (Å²) in [5.41, 5.74) is 0.0359. The van der Waals surface area contributed by atoms with Crippen LogP contribution in [0.3, 0.4) is 0 Å². The van der Waals surface area contributed by atoms with Gasteiger partial charge in [-0.05, 0) is 19.8 Å². The fourth-order valence-corrected chi connectivity index (χ4v) is 3.56. The standard InChI is InChI=1S/C15H21N3O2S/c1-11(20-3)13-17-12(9-21-13)8-18(2)14(19)15(10-16)6-4-5-7-15/h9,11H,4-8H2,1-3H3/t11-/m1/s1. The van der Waals surface area contributed by atoms with Crippen molar-refractivity contribution in [2.45, 2.75) is 45.3 Å². The Morgan fingerprint density at radius 1 is 1.62 bits per heavy atom. The molecule has 1 aromatic rings. The van der Waals surface area contributed by atoms with E-state index in [-0.39, 0.29) is 12.0 Å². The van der Waals surface area contributed by atoms with Crippen molar-refractivity contribution in [3.05, 3.63) is 16.1 Å². The quantitative estimate of drug-likeness (QED) is 0.839. The van der Waals surface area contributed by atoms with Crippen LogP contribution < -0.4 is 0 Å². The molecule has 5 nitrogen and oxygen atoms in total. The van der Waals surface area contributed by atoms with Crippen LogP contribution in [0.1, 0.15) is 49.4 Å². The molecule has 0 saturated heterocycles. The van der Waals surface area contributed by atoms with Crippen molar-refractivity contribution in [3.8, 4) is 6.07 Å².